The van der Waals surface area contributed by atoms with Crippen LogP contribution in [-0.4, -0.2) is 29.5 Å². The molecular weight excluding hydrogens is 362 g/mol. The molecule has 2 rings (SSSR count). The zero-order valence-electron chi connectivity index (χ0n) is 10.9. The van der Waals surface area contributed by atoms with Crippen LogP contribution in [0.25, 0.3) is 0 Å². The Bertz CT molecular complexity index is 787. The van der Waals surface area contributed by atoms with Gasteiger partial charge in [0, 0.05) is 10.9 Å². The highest BCUT2D eigenvalue weighted by Gasteiger charge is 2.15. The Morgan fingerprint density at radius 3 is 2.71 bits per heavy atom. The fourth-order valence-corrected chi connectivity index (χ4v) is 2.68. The van der Waals surface area contributed by atoms with Crippen molar-refractivity contribution < 1.29 is 13.2 Å². The molecule has 8 nitrogen and oxygen atoms in total. The summed E-state index contributed by atoms with van der Waals surface area (Å²) in [5.41, 5.74) is 0.384. The molecule has 2 aromatic rings. The molecule has 112 valence electrons. The van der Waals surface area contributed by atoms with Crippen molar-refractivity contribution in [3.63, 3.8) is 0 Å². The van der Waals surface area contributed by atoms with Gasteiger partial charge in [0.2, 0.25) is 15.8 Å². The van der Waals surface area contributed by atoms with Crippen LogP contribution in [0.15, 0.2) is 27.6 Å². The first kappa shape index (κ1) is 15.6. The van der Waals surface area contributed by atoms with Gasteiger partial charge in [-0.2, -0.15) is 0 Å². The maximum absolute atomic E-state index is 12.0. The number of aryl methyl sites for hydroxylation is 1. The van der Waals surface area contributed by atoms with E-state index in [2.05, 4.69) is 36.4 Å². The van der Waals surface area contributed by atoms with Crippen LogP contribution in [0.1, 0.15) is 23.4 Å². The molecule has 1 heterocycles. The van der Waals surface area contributed by atoms with Gasteiger partial charge in [-0.1, -0.05) is 6.92 Å². The number of benzene rings is 1. The minimum absolute atomic E-state index is 0.00859. The number of aromatic nitrogens is 3. The molecular formula is C11H12BrN5O3S. The number of aromatic amines is 1. The fraction of sp³-hybridized carbons (Fsp3) is 0.182. The molecule has 0 aliphatic rings. The summed E-state index contributed by atoms with van der Waals surface area (Å²) >= 11 is 3.18. The summed E-state index contributed by atoms with van der Waals surface area (Å²) in [4.78, 5) is 15.9. The van der Waals surface area contributed by atoms with Gasteiger partial charge < -0.3 is 5.32 Å². The van der Waals surface area contributed by atoms with Crippen molar-refractivity contribution in [2.24, 2.45) is 5.14 Å². The molecule has 0 unspecified atom stereocenters. The highest BCUT2D eigenvalue weighted by molar-refractivity contribution is 9.10. The molecule has 0 radical (unpaired) electrons. The summed E-state index contributed by atoms with van der Waals surface area (Å²) in [6, 6.07) is 4.03. The monoisotopic (exact) mass is 373 g/mol. The number of halogens is 1. The molecule has 0 bridgehead atoms. The predicted octanol–water partition coefficient (Wildman–Crippen LogP) is 1.03. The van der Waals surface area contributed by atoms with Gasteiger partial charge in [-0.05, 0) is 34.1 Å². The molecule has 4 N–H and O–H groups in total. The Morgan fingerprint density at radius 1 is 1.48 bits per heavy atom. The van der Waals surface area contributed by atoms with Gasteiger partial charge in [-0.25, -0.2) is 18.5 Å². The molecule has 10 heteroatoms. The van der Waals surface area contributed by atoms with E-state index < -0.39 is 15.9 Å². The van der Waals surface area contributed by atoms with Crippen molar-refractivity contribution in [3.8, 4) is 0 Å². The fourth-order valence-electron chi connectivity index (χ4n) is 1.51. The summed E-state index contributed by atoms with van der Waals surface area (Å²) in [5.74, 6) is 0.105. The molecule has 1 amide bonds. The van der Waals surface area contributed by atoms with Crippen molar-refractivity contribution in [1.82, 2.24) is 15.2 Å². The molecule has 0 saturated carbocycles. The van der Waals surface area contributed by atoms with Crippen LogP contribution in [0.4, 0.5) is 5.69 Å². The lowest BCUT2D eigenvalue weighted by molar-refractivity contribution is 0.101. The van der Waals surface area contributed by atoms with Crippen molar-refractivity contribution in [3.05, 3.63) is 34.3 Å². The first-order valence-corrected chi connectivity index (χ1v) is 8.20. The third-order valence-electron chi connectivity index (χ3n) is 2.59. The number of H-pyrrole nitrogens is 1. The zero-order valence-corrected chi connectivity index (χ0v) is 13.3. The van der Waals surface area contributed by atoms with Crippen LogP contribution in [-0.2, 0) is 16.4 Å². The van der Waals surface area contributed by atoms with Gasteiger partial charge in [0.15, 0.2) is 0 Å². The maximum atomic E-state index is 12.0. The smallest absolute Gasteiger partial charge is 0.295 e. The zero-order chi connectivity index (χ0) is 15.6. The van der Waals surface area contributed by atoms with E-state index in [1.807, 2.05) is 6.92 Å². The molecule has 0 aliphatic heterocycles. The lowest BCUT2D eigenvalue weighted by Crippen LogP contribution is -2.15. The number of amides is 1. The summed E-state index contributed by atoms with van der Waals surface area (Å²) in [5, 5.41) is 14.0. The maximum Gasteiger partial charge on any atom is 0.295 e. The predicted molar refractivity (Wildman–Crippen MR) is 79.2 cm³/mol. The molecule has 0 atom stereocenters. The number of carbonyl (C=O) groups is 1. The molecule has 0 fully saturated rings. The first-order chi connectivity index (χ1) is 9.81. The molecule has 0 spiro atoms. The van der Waals surface area contributed by atoms with E-state index in [1.54, 1.807) is 0 Å². The molecule has 1 aromatic carbocycles. The molecule has 0 aliphatic carbocycles. The van der Waals surface area contributed by atoms with Crippen LogP contribution in [0, 0.1) is 0 Å². The summed E-state index contributed by atoms with van der Waals surface area (Å²) in [7, 11) is -3.80. The number of hydrogen-bond acceptors (Lipinski definition) is 5. The van der Waals surface area contributed by atoms with Crippen molar-refractivity contribution in [2.45, 2.75) is 18.2 Å². The lowest BCUT2D eigenvalue weighted by atomic mass is 10.3. The number of anilines is 1. The number of nitrogens with two attached hydrogens (primary N) is 1. The van der Waals surface area contributed by atoms with E-state index in [4.69, 9.17) is 5.14 Å². The Kier molecular flexibility index (Phi) is 4.40. The summed E-state index contributed by atoms with van der Waals surface area (Å²) < 4.78 is 22.8. The van der Waals surface area contributed by atoms with Crippen LogP contribution in [0.5, 0.6) is 0 Å². The number of carbonyl (C=O) groups excluding carboxylic acids is 1. The van der Waals surface area contributed by atoms with E-state index in [0.717, 1.165) is 0 Å². The van der Waals surface area contributed by atoms with Crippen LogP contribution < -0.4 is 10.5 Å². The second-order valence-electron chi connectivity index (χ2n) is 4.10. The third kappa shape index (κ3) is 3.65. The van der Waals surface area contributed by atoms with Gasteiger partial charge in [-0.3, -0.25) is 9.89 Å². The van der Waals surface area contributed by atoms with Crippen LogP contribution in [0.3, 0.4) is 0 Å². The van der Waals surface area contributed by atoms with E-state index >= 15 is 0 Å². The number of rotatable bonds is 4. The van der Waals surface area contributed by atoms with Gasteiger partial charge >= 0.3 is 0 Å². The second kappa shape index (κ2) is 5.92. The van der Waals surface area contributed by atoms with Crippen LogP contribution >= 0.6 is 15.9 Å². The normalized spacial score (nSPS) is 11.4. The molecule has 21 heavy (non-hydrogen) atoms. The van der Waals surface area contributed by atoms with Gasteiger partial charge in [0.25, 0.3) is 5.91 Å². The highest BCUT2D eigenvalue weighted by atomic mass is 79.9. The number of nitrogens with one attached hydrogen (secondary N) is 2. The number of hydrogen-bond donors (Lipinski definition) is 3. The second-order valence-corrected chi connectivity index (χ2v) is 6.52. The average molecular weight is 374 g/mol. The van der Waals surface area contributed by atoms with Crippen LogP contribution in [0.2, 0.25) is 0 Å². The quantitative estimate of drug-likeness (QED) is 0.736. The highest BCUT2D eigenvalue weighted by Crippen LogP contribution is 2.25. The van der Waals surface area contributed by atoms with E-state index in [9.17, 15) is 13.2 Å². The summed E-state index contributed by atoms with van der Waals surface area (Å²) in [6.45, 7) is 1.88. The molecule has 1 aromatic heterocycles. The number of sulfonamides is 1. The van der Waals surface area contributed by atoms with Crippen molar-refractivity contribution in [1.29, 1.82) is 0 Å². The first-order valence-electron chi connectivity index (χ1n) is 5.86. The Hall–Kier alpha value is -1.78. The van der Waals surface area contributed by atoms with E-state index in [1.165, 1.54) is 18.2 Å². The Labute approximate surface area is 129 Å². The minimum atomic E-state index is -3.80. The van der Waals surface area contributed by atoms with Crippen molar-refractivity contribution >= 4 is 37.5 Å². The lowest BCUT2D eigenvalue weighted by Gasteiger charge is -2.07. The molecule has 0 saturated heterocycles. The van der Waals surface area contributed by atoms with Gasteiger partial charge in [0.05, 0.1) is 10.6 Å². The number of primary sulfonamides is 1. The standard InChI is InChI=1S/C11H12BrN5O3S/c1-2-9-15-10(17-16-9)11(18)14-8-4-3-6(5-7(8)12)21(13,19)20/h3-5H,2H2,1H3,(H,14,18)(H2,13,19,20)(H,15,16,17). The Morgan fingerprint density at radius 2 is 2.19 bits per heavy atom. The average Bonchev–Trinajstić information content (AvgIpc) is 2.88. The van der Waals surface area contributed by atoms with Gasteiger partial charge in [0.1, 0.15) is 5.82 Å². The van der Waals surface area contributed by atoms with Crippen molar-refractivity contribution in [2.75, 3.05) is 5.32 Å². The summed E-state index contributed by atoms with van der Waals surface area (Å²) in [6.07, 6.45) is 0.632. The number of nitrogens with zero attached hydrogens (tertiary/aromatic N) is 2. The largest absolute Gasteiger partial charge is 0.318 e. The third-order valence-corrected chi connectivity index (χ3v) is 4.15. The SMILES string of the molecule is CCc1nc(C(=O)Nc2ccc(S(N)(=O)=O)cc2Br)n[nH]1. The van der Waals surface area contributed by atoms with E-state index in [0.29, 0.717) is 22.4 Å². The minimum Gasteiger partial charge on any atom is -0.318 e. The Balaban J connectivity index is 2.22. The topological polar surface area (TPSA) is 131 Å². The van der Waals surface area contributed by atoms with Gasteiger partial charge in [-0.15, -0.1) is 5.10 Å². The van der Waals surface area contributed by atoms with E-state index in [-0.39, 0.29) is 10.7 Å².